The Hall–Kier alpha value is -3.70. The molecule has 15 nitrogen and oxygen atoms in total. The molecule has 2 fully saturated rings. The molecule has 0 saturated carbocycles. The van der Waals surface area contributed by atoms with Gasteiger partial charge in [-0.1, -0.05) is 0 Å². The van der Waals surface area contributed by atoms with E-state index >= 15 is 0 Å². The van der Waals surface area contributed by atoms with Crippen molar-refractivity contribution < 1.29 is 31.8 Å². The van der Waals surface area contributed by atoms with Crippen LogP contribution in [0.15, 0.2) is 18.7 Å². The SMILES string of the molecule is CCO[C@@H]1C[C@H](S(=O)(=O)Nc2nnc([C@H]3CCCO3)n2-c2c(OC)ncnc2OC)CN(c2ncc(F)cn2)C1. The third-order valence-electron chi connectivity index (χ3n) is 6.61. The van der Waals surface area contributed by atoms with Gasteiger partial charge in [0.05, 0.1) is 32.7 Å². The minimum absolute atomic E-state index is 0.0400. The summed E-state index contributed by atoms with van der Waals surface area (Å²) in [4.78, 5) is 18.0. The topological polar surface area (TPSA) is 169 Å². The Balaban J connectivity index is 1.52. The maximum absolute atomic E-state index is 13.9. The highest BCUT2D eigenvalue weighted by Crippen LogP contribution is 2.37. The Labute approximate surface area is 230 Å². The van der Waals surface area contributed by atoms with Crippen LogP contribution in [0.1, 0.15) is 38.1 Å². The molecule has 216 valence electrons. The molecule has 17 heteroatoms. The fraction of sp³-hybridized carbons (Fsp3) is 0.565. The molecule has 3 aromatic heterocycles. The first kappa shape index (κ1) is 27.9. The van der Waals surface area contributed by atoms with Crippen molar-refractivity contribution in [1.82, 2.24) is 34.7 Å². The summed E-state index contributed by atoms with van der Waals surface area (Å²) >= 11 is 0. The molecule has 0 amide bonds. The molecular formula is C23H30FN9O6S. The molecule has 5 heterocycles. The number of sulfonamides is 1. The smallest absolute Gasteiger partial charge is 0.245 e. The minimum atomic E-state index is -4.10. The van der Waals surface area contributed by atoms with Gasteiger partial charge >= 0.3 is 0 Å². The molecule has 0 bridgehead atoms. The molecule has 3 aromatic rings. The van der Waals surface area contributed by atoms with Gasteiger partial charge in [0, 0.05) is 26.3 Å². The molecule has 5 rings (SSSR count). The first-order chi connectivity index (χ1) is 19.3. The normalized spacial score (nSPS) is 21.4. The highest BCUT2D eigenvalue weighted by atomic mass is 32.2. The number of aromatic nitrogens is 7. The van der Waals surface area contributed by atoms with Crippen molar-refractivity contribution in [3.05, 3.63) is 30.4 Å². The summed E-state index contributed by atoms with van der Waals surface area (Å²) in [7, 11) is -1.26. The monoisotopic (exact) mass is 579 g/mol. The Bertz CT molecular complexity index is 1400. The third-order valence-corrected chi connectivity index (χ3v) is 8.30. The molecule has 3 atom stereocenters. The van der Waals surface area contributed by atoms with E-state index in [2.05, 4.69) is 34.9 Å². The molecular weight excluding hydrogens is 549 g/mol. The summed E-state index contributed by atoms with van der Waals surface area (Å²) in [5.41, 5.74) is 0.220. The maximum Gasteiger partial charge on any atom is 0.245 e. The first-order valence-corrected chi connectivity index (χ1v) is 14.2. The van der Waals surface area contributed by atoms with E-state index in [-0.39, 0.29) is 42.3 Å². The van der Waals surface area contributed by atoms with Gasteiger partial charge in [0.25, 0.3) is 0 Å². The lowest BCUT2D eigenvalue weighted by atomic mass is 10.1. The zero-order valence-corrected chi connectivity index (χ0v) is 23.0. The van der Waals surface area contributed by atoms with Crippen LogP contribution in [0.3, 0.4) is 0 Å². The molecule has 40 heavy (non-hydrogen) atoms. The van der Waals surface area contributed by atoms with Gasteiger partial charge in [-0.3, -0.25) is 9.29 Å². The number of anilines is 2. The van der Waals surface area contributed by atoms with Gasteiger partial charge in [-0.05, 0) is 26.2 Å². The Kier molecular flexibility index (Phi) is 8.22. The van der Waals surface area contributed by atoms with Gasteiger partial charge in [-0.2, -0.15) is 9.97 Å². The lowest BCUT2D eigenvalue weighted by Crippen LogP contribution is -2.51. The quantitative estimate of drug-likeness (QED) is 0.365. The second kappa shape index (κ2) is 11.8. The Morgan fingerprint density at radius 3 is 2.45 bits per heavy atom. The maximum atomic E-state index is 13.9. The molecule has 0 unspecified atom stereocenters. The van der Waals surface area contributed by atoms with Crippen LogP contribution >= 0.6 is 0 Å². The number of nitrogens with one attached hydrogen (secondary N) is 1. The molecule has 2 saturated heterocycles. The second-order valence-corrected chi connectivity index (χ2v) is 11.1. The van der Waals surface area contributed by atoms with Crippen LogP contribution in [0.5, 0.6) is 11.8 Å². The van der Waals surface area contributed by atoms with E-state index in [1.54, 1.807) is 4.90 Å². The van der Waals surface area contributed by atoms with Crippen molar-refractivity contribution in [2.75, 3.05) is 50.1 Å². The van der Waals surface area contributed by atoms with Crippen LogP contribution in [0.25, 0.3) is 5.69 Å². The second-order valence-electron chi connectivity index (χ2n) is 9.15. The lowest BCUT2D eigenvalue weighted by molar-refractivity contribution is 0.0531. The minimum Gasteiger partial charge on any atom is -0.479 e. The van der Waals surface area contributed by atoms with E-state index in [0.717, 1.165) is 18.8 Å². The van der Waals surface area contributed by atoms with E-state index in [4.69, 9.17) is 18.9 Å². The molecule has 1 N–H and O–H groups in total. The molecule has 2 aliphatic rings. The molecule has 0 spiro atoms. The van der Waals surface area contributed by atoms with Gasteiger partial charge in [0.15, 0.2) is 17.3 Å². The average Bonchev–Trinajstić information content (AvgIpc) is 3.63. The number of ether oxygens (including phenoxy) is 4. The number of hydrogen-bond donors (Lipinski definition) is 1. The lowest BCUT2D eigenvalue weighted by Gasteiger charge is -2.37. The van der Waals surface area contributed by atoms with E-state index in [0.29, 0.717) is 32.0 Å². The number of rotatable bonds is 10. The number of piperidine rings is 1. The summed E-state index contributed by atoms with van der Waals surface area (Å²) in [5.74, 6) is 0.0923. The summed E-state index contributed by atoms with van der Waals surface area (Å²) in [6.07, 6.45) is 4.13. The van der Waals surface area contributed by atoms with Crippen LogP contribution in [0, 0.1) is 5.82 Å². The molecule has 0 aliphatic carbocycles. The summed E-state index contributed by atoms with van der Waals surface area (Å²) in [6, 6.07) is 0. The number of hydrogen-bond acceptors (Lipinski definition) is 13. The predicted octanol–water partition coefficient (Wildman–Crippen LogP) is 1.28. The van der Waals surface area contributed by atoms with Gasteiger partial charge < -0.3 is 23.8 Å². The van der Waals surface area contributed by atoms with Crippen LogP contribution in [-0.2, 0) is 19.5 Å². The largest absolute Gasteiger partial charge is 0.479 e. The van der Waals surface area contributed by atoms with Crippen molar-refractivity contribution in [2.45, 2.75) is 43.6 Å². The van der Waals surface area contributed by atoms with Gasteiger partial charge in [0.1, 0.15) is 17.7 Å². The summed E-state index contributed by atoms with van der Waals surface area (Å²) < 4.78 is 67.7. The average molecular weight is 580 g/mol. The third kappa shape index (κ3) is 5.62. The fourth-order valence-corrected chi connectivity index (χ4v) is 6.24. The van der Waals surface area contributed by atoms with Crippen LogP contribution in [0.4, 0.5) is 16.3 Å². The van der Waals surface area contributed by atoms with Crippen molar-refractivity contribution in [2.24, 2.45) is 0 Å². The van der Waals surface area contributed by atoms with Crippen molar-refractivity contribution in [1.29, 1.82) is 0 Å². The van der Waals surface area contributed by atoms with Gasteiger partial charge in [-0.15, -0.1) is 10.2 Å². The van der Waals surface area contributed by atoms with Crippen molar-refractivity contribution >= 4 is 21.9 Å². The highest BCUT2D eigenvalue weighted by Gasteiger charge is 2.39. The zero-order chi connectivity index (χ0) is 28.3. The number of methoxy groups -OCH3 is 2. The molecule has 0 aromatic carbocycles. The zero-order valence-electron chi connectivity index (χ0n) is 22.2. The Morgan fingerprint density at radius 1 is 1.10 bits per heavy atom. The van der Waals surface area contributed by atoms with Crippen LogP contribution < -0.4 is 19.1 Å². The highest BCUT2D eigenvalue weighted by molar-refractivity contribution is 7.93. The Morgan fingerprint density at radius 2 is 1.82 bits per heavy atom. The van der Waals surface area contributed by atoms with Crippen LogP contribution in [0.2, 0.25) is 0 Å². The predicted molar refractivity (Wildman–Crippen MR) is 139 cm³/mol. The van der Waals surface area contributed by atoms with E-state index in [1.165, 1.54) is 25.1 Å². The van der Waals surface area contributed by atoms with Crippen molar-refractivity contribution in [3.63, 3.8) is 0 Å². The van der Waals surface area contributed by atoms with E-state index in [9.17, 15) is 12.8 Å². The molecule has 2 aliphatic heterocycles. The summed E-state index contributed by atoms with van der Waals surface area (Å²) in [6.45, 7) is 3.13. The fourth-order valence-electron chi connectivity index (χ4n) is 4.84. The van der Waals surface area contributed by atoms with E-state index in [1.807, 2.05) is 6.92 Å². The first-order valence-electron chi connectivity index (χ1n) is 12.7. The summed E-state index contributed by atoms with van der Waals surface area (Å²) in [5, 5.41) is 7.49. The number of halogens is 1. The van der Waals surface area contributed by atoms with Crippen molar-refractivity contribution in [3.8, 4) is 17.4 Å². The van der Waals surface area contributed by atoms with Gasteiger partial charge in [-0.25, -0.2) is 22.8 Å². The van der Waals surface area contributed by atoms with Gasteiger partial charge in [0.2, 0.25) is 33.7 Å². The van der Waals surface area contributed by atoms with E-state index < -0.39 is 33.3 Å². The number of nitrogens with zero attached hydrogens (tertiary/aromatic N) is 8. The molecule has 0 radical (unpaired) electrons. The standard InChI is InChI=1S/C23H30FN9O6S/c1-4-38-15-8-16(12-32(11-15)22-25-9-14(24)10-26-22)40(34,35)31-23-30-29-19(17-6-5-7-39-17)33(23)18-20(36-2)27-13-28-21(18)37-3/h9-10,13,15-17H,4-8,11-12H2,1-3H3,(H,30,31)/t15-,16+,17-/m1/s1. The van der Waals surface area contributed by atoms with Crippen LogP contribution in [-0.4, -0.2) is 95.0 Å².